The summed E-state index contributed by atoms with van der Waals surface area (Å²) >= 11 is 11.9. The molecule has 0 N–H and O–H groups in total. The van der Waals surface area contributed by atoms with Crippen LogP contribution in [0.1, 0.15) is 10.5 Å². The van der Waals surface area contributed by atoms with Crippen molar-refractivity contribution in [1.82, 2.24) is 19.3 Å². The average Bonchev–Trinajstić information content (AvgIpc) is 3.32. The molecule has 0 aliphatic carbocycles. The van der Waals surface area contributed by atoms with E-state index in [2.05, 4.69) is 10.1 Å². The molecule has 0 unspecified atom stereocenters. The molecule has 0 saturated carbocycles. The minimum atomic E-state index is -0.595. The van der Waals surface area contributed by atoms with Gasteiger partial charge in [0, 0.05) is 23.0 Å². The highest BCUT2D eigenvalue weighted by Gasteiger charge is 2.19. The van der Waals surface area contributed by atoms with Crippen molar-refractivity contribution in [2.75, 3.05) is 0 Å². The summed E-state index contributed by atoms with van der Waals surface area (Å²) in [5.41, 5.74) is 1.25. The van der Waals surface area contributed by atoms with Crippen molar-refractivity contribution >= 4 is 29.1 Å². The smallest absolute Gasteiger partial charge is 0.271 e. The van der Waals surface area contributed by atoms with Crippen LogP contribution in [0.25, 0.3) is 16.9 Å². The first-order chi connectivity index (χ1) is 13.4. The zero-order valence-corrected chi connectivity index (χ0v) is 15.5. The first kappa shape index (κ1) is 18.3. The lowest BCUT2D eigenvalue weighted by Gasteiger charge is -2.09. The van der Waals surface area contributed by atoms with E-state index in [0.717, 1.165) is 6.07 Å². The van der Waals surface area contributed by atoms with Gasteiger partial charge in [-0.3, -0.25) is 9.36 Å². The van der Waals surface area contributed by atoms with Gasteiger partial charge in [0.1, 0.15) is 18.0 Å². The lowest BCUT2D eigenvalue weighted by Crippen LogP contribution is -2.11. The Bertz CT molecular complexity index is 1170. The molecule has 0 aliphatic rings. The van der Waals surface area contributed by atoms with E-state index in [-0.39, 0.29) is 15.7 Å². The summed E-state index contributed by atoms with van der Waals surface area (Å²) in [7, 11) is 0. The van der Waals surface area contributed by atoms with Gasteiger partial charge in [-0.2, -0.15) is 5.10 Å². The van der Waals surface area contributed by atoms with E-state index in [1.54, 1.807) is 0 Å². The second-order valence-electron chi connectivity index (χ2n) is 5.86. The molecule has 4 aromatic rings. The third kappa shape index (κ3) is 3.42. The van der Waals surface area contributed by atoms with Gasteiger partial charge in [0.2, 0.25) is 0 Å². The summed E-state index contributed by atoms with van der Waals surface area (Å²) < 4.78 is 30.1. The number of carbonyl (C=O) groups is 1. The molecule has 0 saturated heterocycles. The molecule has 140 valence electrons. The Labute approximate surface area is 167 Å². The van der Waals surface area contributed by atoms with Gasteiger partial charge in [-0.1, -0.05) is 23.2 Å². The Morgan fingerprint density at radius 1 is 1.04 bits per heavy atom. The van der Waals surface area contributed by atoms with Crippen LogP contribution in [0.4, 0.5) is 8.78 Å². The summed E-state index contributed by atoms with van der Waals surface area (Å²) in [5, 5.41) is 4.39. The van der Waals surface area contributed by atoms with Crippen LogP contribution in [0.5, 0.6) is 0 Å². The van der Waals surface area contributed by atoms with Crippen LogP contribution in [0.2, 0.25) is 10.0 Å². The highest BCUT2D eigenvalue weighted by molar-refractivity contribution is 6.31. The van der Waals surface area contributed by atoms with Crippen molar-refractivity contribution in [3.05, 3.63) is 88.6 Å². The number of benzene rings is 2. The highest BCUT2D eigenvalue weighted by Crippen LogP contribution is 2.29. The number of hydrogen-bond donors (Lipinski definition) is 0. The topological polar surface area (TPSA) is 52.7 Å². The third-order valence-electron chi connectivity index (χ3n) is 3.97. The second-order valence-corrected chi connectivity index (χ2v) is 6.70. The standard InChI is InChI=1S/C19H10Cl2F2N4O/c20-12-5-11(6-13(22)7-12)18-9-17(19(28)26-4-3-24-10-26)25-27(18)14-1-2-16(23)15(21)8-14/h1-10H. The SMILES string of the molecule is O=C(c1cc(-c2cc(F)cc(Cl)c2)n(-c2ccc(F)c(Cl)c2)n1)n1ccnc1. The highest BCUT2D eigenvalue weighted by atomic mass is 35.5. The summed E-state index contributed by atoms with van der Waals surface area (Å²) in [6.45, 7) is 0. The molecule has 28 heavy (non-hydrogen) atoms. The molecule has 0 amide bonds. The maximum absolute atomic E-state index is 13.9. The maximum Gasteiger partial charge on any atom is 0.283 e. The Morgan fingerprint density at radius 3 is 2.54 bits per heavy atom. The number of nitrogens with zero attached hydrogens (tertiary/aromatic N) is 4. The van der Waals surface area contributed by atoms with Crippen LogP contribution in [-0.4, -0.2) is 25.2 Å². The summed E-state index contributed by atoms with van der Waals surface area (Å²) in [4.78, 5) is 16.5. The van der Waals surface area contributed by atoms with Gasteiger partial charge < -0.3 is 0 Å². The van der Waals surface area contributed by atoms with Gasteiger partial charge in [0.25, 0.3) is 5.91 Å². The molecule has 0 bridgehead atoms. The zero-order valence-electron chi connectivity index (χ0n) is 14.0. The minimum absolute atomic E-state index is 0.0776. The average molecular weight is 419 g/mol. The van der Waals surface area contributed by atoms with Gasteiger partial charge in [-0.25, -0.2) is 18.4 Å². The fraction of sp³-hybridized carbons (Fsp3) is 0. The quantitative estimate of drug-likeness (QED) is 0.469. The molecule has 9 heteroatoms. The van der Waals surface area contributed by atoms with E-state index in [9.17, 15) is 13.6 Å². The molecular formula is C19H10Cl2F2N4O. The first-order valence-corrected chi connectivity index (χ1v) is 8.72. The number of aromatic nitrogens is 4. The van der Waals surface area contributed by atoms with E-state index >= 15 is 0 Å². The molecule has 0 radical (unpaired) electrons. The van der Waals surface area contributed by atoms with E-state index in [0.29, 0.717) is 16.9 Å². The summed E-state index contributed by atoms with van der Waals surface area (Å²) in [6, 6.07) is 9.44. The number of hydrogen-bond acceptors (Lipinski definition) is 3. The number of rotatable bonds is 3. The van der Waals surface area contributed by atoms with Gasteiger partial charge in [0.05, 0.1) is 16.4 Å². The van der Waals surface area contributed by atoms with Gasteiger partial charge in [-0.05, 0) is 42.5 Å². The minimum Gasteiger partial charge on any atom is -0.271 e. The van der Waals surface area contributed by atoms with Crippen LogP contribution in [0.3, 0.4) is 0 Å². The molecule has 2 aromatic heterocycles. The monoisotopic (exact) mass is 418 g/mol. The third-order valence-corrected chi connectivity index (χ3v) is 4.48. The first-order valence-electron chi connectivity index (χ1n) is 7.97. The van der Waals surface area contributed by atoms with E-state index in [1.165, 1.54) is 64.4 Å². The Morgan fingerprint density at radius 2 is 1.86 bits per heavy atom. The Kier molecular flexibility index (Phi) is 4.70. The molecule has 5 nitrogen and oxygen atoms in total. The van der Waals surface area contributed by atoms with Crippen LogP contribution in [0, 0.1) is 11.6 Å². The molecule has 2 heterocycles. The van der Waals surface area contributed by atoms with Crippen LogP contribution in [0.15, 0.2) is 61.2 Å². The van der Waals surface area contributed by atoms with Crippen molar-refractivity contribution in [2.24, 2.45) is 0 Å². The van der Waals surface area contributed by atoms with Crippen molar-refractivity contribution in [3.8, 4) is 16.9 Å². The van der Waals surface area contributed by atoms with Crippen molar-refractivity contribution < 1.29 is 13.6 Å². The fourth-order valence-electron chi connectivity index (χ4n) is 2.72. The number of imidazole rings is 1. The molecule has 0 fully saturated rings. The maximum atomic E-state index is 13.9. The Balaban J connectivity index is 1.92. The predicted molar refractivity (Wildman–Crippen MR) is 101 cm³/mol. The lowest BCUT2D eigenvalue weighted by atomic mass is 10.1. The normalized spacial score (nSPS) is 11.0. The van der Waals surface area contributed by atoms with E-state index in [1.807, 2.05) is 0 Å². The van der Waals surface area contributed by atoms with Gasteiger partial charge in [0.15, 0.2) is 5.69 Å². The molecule has 4 rings (SSSR count). The summed E-state index contributed by atoms with van der Waals surface area (Å²) in [5.74, 6) is -1.58. The van der Waals surface area contributed by atoms with Crippen LogP contribution < -0.4 is 0 Å². The summed E-state index contributed by atoms with van der Waals surface area (Å²) in [6.07, 6.45) is 4.28. The van der Waals surface area contributed by atoms with Crippen LogP contribution >= 0.6 is 23.2 Å². The lowest BCUT2D eigenvalue weighted by molar-refractivity contribution is 0.0954. The number of halogens is 4. The Hall–Kier alpha value is -3.03. The van der Waals surface area contributed by atoms with Crippen LogP contribution in [-0.2, 0) is 0 Å². The molecule has 2 aromatic carbocycles. The van der Waals surface area contributed by atoms with Crippen molar-refractivity contribution in [3.63, 3.8) is 0 Å². The van der Waals surface area contributed by atoms with Gasteiger partial charge in [-0.15, -0.1) is 0 Å². The second kappa shape index (κ2) is 7.18. The van der Waals surface area contributed by atoms with Crippen molar-refractivity contribution in [1.29, 1.82) is 0 Å². The largest absolute Gasteiger partial charge is 0.283 e. The number of carbonyl (C=O) groups excluding carboxylic acids is 1. The zero-order chi connectivity index (χ0) is 19.8. The fourth-order valence-corrected chi connectivity index (χ4v) is 3.11. The molecular weight excluding hydrogens is 409 g/mol. The molecule has 0 atom stereocenters. The van der Waals surface area contributed by atoms with E-state index < -0.39 is 17.5 Å². The van der Waals surface area contributed by atoms with E-state index in [4.69, 9.17) is 23.2 Å². The molecule has 0 spiro atoms. The molecule has 0 aliphatic heterocycles. The van der Waals surface area contributed by atoms with Gasteiger partial charge >= 0.3 is 0 Å². The van der Waals surface area contributed by atoms with Crippen molar-refractivity contribution in [2.45, 2.75) is 0 Å². The predicted octanol–water partition coefficient (Wildman–Crippen LogP) is 5.01.